The monoisotopic (exact) mass is 508 g/mol. The number of hydrogen-bond acceptors (Lipinski definition) is 7. The summed E-state index contributed by atoms with van der Waals surface area (Å²) in [5.41, 5.74) is 0.290. The van der Waals surface area contributed by atoms with Crippen molar-refractivity contribution >= 4 is 17.1 Å². The van der Waals surface area contributed by atoms with Crippen molar-refractivity contribution < 1.29 is 19.0 Å². The predicted octanol–water partition coefficient (Wildman–Crippen LogP) is 1.09. The number of fused-ring (bicyclic) bond motifs is 1. The second-order valence-electron chi connectivity index (χ2n) is 8.29. The first-order chi connectivity index (χ1) is 17.8. The fourth-order valence-electron chi connectivity index (χ4n) is 4.05. The average Bonchev–Trinajstić information content (AvgIpc) is 3.34. The topological polar surface area (TPSA) is 124 Å². The van der Waals surface area contributed by atoms with E-state index in [0.717, 1.165) is 4.57 Å². The number of nitrogens with zero attached hydrogens (tertiary/aromatic N) is 6. The van der Waals surface area contributed by atoms with E-state index in [1.807, 2.05) is 17.0 Å². The first-order valence-corrected chi connectivity index (χ1v) is 11.4. The summed E-state index contributed by atoms with van der Waals surface area (Å²) in [4.78, 5) is 45.9. The van der Waals surface area contributed by atoms with Gasteiger partial charge in [-0.05, 0) is 30.7 Å². The minimum Gasteiger partial charge on any atom is -0.493 e. The zero-order valence-electron chi connectivity index (χ0n) is 21.3. The van der Waals surface area contributed by atoms with Crippen LogP contribution in [0.15, 0.2) is 57.6 Å². The van der Waals surface area contributed by atoms with E-state index in [9.17, 15) is 14.4 Å². The quantitative estimate of drug-likeness (QED) is 0.349. The minimum atomic E-state index is -0.444. The summed E-state index contributed by atoms with van der Waals surface area (Å²) in [6, 6.07) is 6.60. The van der Waals surface area contributed by atoms with Gasteiger partial charge in [-0.2, -0.15) is 0 Å². The van der Waals surface area contributed by atoms with Gasteiger partial charge in [-0.25, -0.2) is 14.8 Å². The molecule has 0 saturated carbocycles. The number of methoxy groups -OCH3 is 3. The van der Waals surface area contributed by atoms with Crippen molar-refractivity contribution in [2.75, 3.05) is 21.3 Å². The number of amides is 1. The van der Waals surface area contributed by atoms with Crippen molar-refractivity contribution in [2.45, 2.75) is 19.5 Å². The third-order valence-electron chi connectivity index (χ3n) is 6.05. The number of rotatable bonds is 8. The number of carbonyl (C=O) groups excluding carboxylic acids is 1. The largest absolute Gasteiger partial charge is 0.493 e. The van der Waals surface area contributed by atoms with E-state index in [0.29, 0.717) is 58.8 Å². The fourth-order valence-corrected chi connectivity index (χ4v) is 4.05. The highest BCUT2D eigenvalue weighted by Crippen LogP contribution is 2.38. The van der Waals surface area contributed by atoms with Gasteiger partial charge in [0, 0.05) is 45.1 Å². The molecule has 0 fully saturated rings. The van der Waals surface area contributed by atoms with Crippen molar-refractivity contribution in [1.82, 2.24) is 23.3 Å². The first kappa shape index (κ1) is 25.5. The van der Waals surface area contributed by atoms with Crippen LogP contribution in [0, 0.1) is 0 Å². The molecule has 12 heteroatoms. The lowest BCUT2D eigenvalue weighted by molar-refractivity contribution is 0.0997. The van der Waals surface area contributed by atoms with Gasteiger partial charge in [0.2, 0.25) is 5.75 Å². The summed E-state index contributed by atoms with van der Waals surface area (Å²) in [5.74, 6) is 0.699. The van der Waals surface area contributed by atoms with Gasteiger partial charge < -0.3 is 23.3 Å². The maximum absolute atomic E-state index is 12.8. The molecule has 0 radical (unpaired) electrons. The Kier molecular flexibility index (Phi) is 7.27. The molecule has 1 aromatic carbocycles. The number of benzene rings is 1. The first-order valence-electron chi connectivity index (χ1n) is 11.4. The molecule has 194 valence electrons. The highest BCUT2D eigenvalue weighted by atomic mass is 16.5. The van der Waals surface area contributed by atoms with Crippen LogP contribution in [0.5, 0.6) is 17.2 Å². The van der Waals surface area contributed by atoms with Crippen LogP contribution >= 0.6 is 0 Å². The molecular formula is C25H28N6O6. The number of pyridine rings is 1. The van der Waals surface area contributed by atoms with Crippen LogP contribution in [0.2, 0.25) is 0 Å². The molecule has 3 aromatic heterocycles. The van der Waals surface area contributed by atoms with E-state index in [1.165, 1.54) is 32.9 Å². The summed E-state index contributed by atoms with van der Waals surface area (Å²) in [6.07, 6.45) is 5.95. The van der Waals surface area contributed by atoms with Crippen LogP contribution < -0.4 is 30.8 Å². The van der Waals surface area contributed by atoms with Crippen molar-refractivity contribution in [3.63, 3.8) is 0 Å². The van der Waals surface area contributed by atoms with Crippen molar-refractivity contribution in [2.24, 2.45) is 19.1 Å². The second-order valence-corrected chi connectivity index (χ2v) is 8.29. The molecule has 3 heterocycles. The smallest absolute Gasteiger partial charge is 0.332 e. The van der Waals surface area contributed by atoms with E-state index < -0.39 is 11.6 Å². The summed E-state index contributed by atoms with van der Waals surface area (Å²) >= 11 is 0. The lowest BCUT2D eigenvalue weighted by Crippen LogP contribution is -2.37. The number of imidazole rings is 1. The normalized spacial score (nSPS) is 10.9. The summed E-state index contributed by atoms with van der Waals surface area (Å²) in [7, 11) is 7.51. The Morgan fingerprint density at radius 3 is 2.19 bits per heavy atom. The summed E-state index contributed by atoms with van der Waals surface area (Å²) in [5, 5.41) is 0.500. The van der Waals surface area contributed by atoms with E-state index in [2.05, 4.69) is 9.98 Å². The lowest BCUT2D eigenvalue weighted by atomic mass is 10.1. The molecule has 4 rings (SSSR count). The standard InChI is InChI=1S/C25H28N6O6/c1-28-22-20(24(33)29(2)25(28)34)31(15-26-22)10-6-9-30-11-7-17(8-12-30)27-23(32)16-13-18(35-3)21(37-5)19(14-16)36-4/h7-8,11-15H,6,9-10H2,1-5H3. The van der Waals surface area contributed by atoms with Gasteiger partial charge in [-0.3, -0.25) is 18.7 Å². The van der Waals surface area contributed by atoms with Crippen molar-refractivity contribution in [3.8, 4) is 17.2 Å². The summed E-state index contributed by atoms with van der Waals surface area (Å²) in [6.45, 7) is 1.20. The third-order valence-corrected chi connectivity index (χ3v) is 6.05. The molecular weight excluding hydrogens is 480 g/mol. The molecule has 0 bridgehead atoms. The van der Waals surface area contributed by atoms with Crippen molar-refractivity contribution in [1.29, 1.82) is 0 Å². The van der Waals surface area contributed by atoms with Crippen LogP contribution in [-0.2, 0) is 27.2 Å². The number of hydrogen-bond donors (Lipinski definition) is 0. The lowest BCUT2D eigenvalue weighted by Gasteiger charge is -2.12. The van der Waals surface area contributed by atoms with Crippen LogP contribution in [0.4, 0.5) is 0 Å². The van der Waals surface area contributed by atoms with Gasteiger partial charge in [0.05, 0.1) is 33.0 Å². The van der Waals surface area contributed by atoms with Crippen LogP contribution in [0.25, 0.3) is 11.2 Å². The third kappa shape index (κ3) is 4.90. The maximum atomic E-state index is 12.8. The maximum Gasteiger partial charge on any atom is 0.332 e. The number of aromatic nitrogens is 5. The molecule has 37 heavy (non-hydrogen) atoms. The van der Waals surface area contributed by atoms with Gasteiger partial charge in [0.1, 0.15) is 0 Å². The molecule has 0 spiro atoms. The average molecular weight is 509 g/mol. The highest BCUT2D eigenvalue weighted by Gasteiger charge is 2.17. The SMILES string of the molecule is COc1cc(C(=O)N=c2ccn(CCCn3cnc4c3c(=O)n(C)c(=O)n4C)cc2)cc(OC)c1OC. The number of aryl methyl sites for hydroxylation is 3. The van der Waals surface area contributed by atoms with Gasteiger partial charge in [0.15, 0.2) is 22.7 Å². The predicted molar refractivity (Wildman–Crippen MR) is 135 cm³/mol. The molecule has 1 amide bonds. The van der Waals surface area contributed by atoms with Gasteiger partial charge in [-0.15, -0.1) is 0 Å². The van der Waals surface area contributed by atoms with E-state index in [-0.39, 0.29) is 5.56 Å². The minimum absolute atomic E-state index is 0.308. The second kappa shape index (κ2) is 10.6. The Bertz CT molecular complexity index is 1610. The fraction of sp³-hybridized carbons (Fsp3) is 0.320. The zero-order valence-corrected chi connectivity index (χ0v) is 21.3. The molecule has 0 aliphatic carbocycles. The molecule has 0 aliphatic rings. The Morgan fingerprint density at radius 1 is 0.946 bits per heavy atom. The molecule has 4 aromatic rings. The van der Waals surface area contributed by atoms with Crippen molar-refractivity contribution in [3.05, 3.63) is 74.7 Å². The number of carbonyl (C=O) groups is 1. The van der Waals surface area contributed by atoms with Crippen LogP contribution in [0.3, 0.4) is 0 Å². The number of ether oxygens (including phenoxy) is 3. The molecule has 12 nitrogen and oxygen atoms in total. The Morgan fingerprint density at radius 2 is 1.59 bits per heavy atom. The van der Waals surface area contributed by atoms with Gasteiger partial charge in [-0.1, -0.05) is 0 Å². The Labute approximate surface area is 211 Å². The van der Waals surface area contributed by atoms with Crippen LogP contribution in [0.1, 0.15) is 16.8 Å². The molecule has 0 atom stereocenters. The van der Waals surface area contributed by atoms with E-state index >= 15 is 0 Å². The van der Waals surface area contributed by atoms with Gasteiger partial charge >= 0.3 is 5.69 Å². The summed E-state index contributed by atoms with van der Waals surface area (Å²) < 4.78 is 22.1. The molecule has 0 N–H and O–H groups in total. The molecule has 0 unspecified atom stereocenters. The van der Waals surface area contributed by atoms with E-state index in [4.69, 9.17) is 14.2 Å². The van der Waals surface area contributed by atoms with E-state index in [1.54, 1.807) is 42.2 Å². The van der Waals surface area contributed by atoms with Crippen LogP contribution in [-0.4, -0.2) is 50.5 Å². The Hall–Kier alpha value is -4.61. The zero-order chi connectivity index (χ0) is 26.7. The van der Waals surface area contributed by atoms with Gasteiger partial charge in [0.25, 0.3) is 11.5 Å². The molecule has 0 aliphatic heterocycles. The molecule has 0 saturated heterocycles. The highest BCUT2D eigenvalue weighted by molar-refractivity contribution is 5.96. The Balaban J connectivity index is 1.47.